The van der Waals surface area contributed by atoms with Crippen LogP contribution < -0.4 is 0 Å². The molecule has 0 aromatic carbocycles. The van der Waals surface area contributed by atoms with Gasteiger partial charge in [0.25, 0.3) is 0 Å². The van der Waals surface area contributed by atoms with E-state index in [2.05, 4.69) is 12.2 Å². The number of epoxide rings is 1. The van der Waals surface area contributed by atoms with Crippen LogP contribution in [-0.4, -0.2) is 18.2 Å². The molecule has 2 nitrogen and oxygen atoms in total. The molecule has 48 valence electrons. The van der Waals surface area contributed by atoms with E-state index in [1.807, 2.05) is 6.92 Å². The van der Waals surface area contributed by atoms with E-state index in [0.29, 0.717) is 6.10 Å². The predicted molar refractivity (Wildman–Crippen MR) is 32.8 cm³/mol. The third-order valence-electron chi connectivity index (χ3n) is 1.04. The minimum atomic E-state index is 0. The average molecular weight is 116 g/mol. The monoisotopic (exact) mass is 116 g/mol. The topological polar surface area (TPSA) is 44.0 Å². The average Bonchev–Trinajstić information content (AvgIpc) is 2.42. The van der Waals surface area contributed by atoms with Crippen molar-refractivity contribution >= 4 is 0 Å². The first-order chi connectivity index (χ1) is 3.43. The Kier molecular flexibility index (Phi) is 3.48. The number of hydrogen-bond donors (Lipinski definition) is 0. The van der Waals surface area contributed by atoms with E-state index in [9.17, 15) is 0 Å². The molecular weight excluding hydrogens is 104 g/mol. The fraction of sp³-hybridized carbons (Fsp3) is 0.667. The maximum absolute atomic E-state index is 4.96. The Morgan fingerprint density at radius 2 is 2.38 bits per heavy atom. The van der Waals surface area contributed by atoms with Crippen molar-refractivity contribution in [3.05, 3.63) is 12.2 Å². The summed E-state index contributed by atoms with van der Waals surface area (Å²) in [6, 6.07) is 0. The van der Waals surface area contributed by atoms with Crippen molar-refractivity contribution in [2.24, 2.45) is 0 Å². The molecule has 0 spiro atoms. The highest BCUT2D eigenvalue weighted by atomic mass is 16.6. The maximum Gasteiger partial charge on any atom is 0.0844 e. The molecule has 1 aliphatic rings. The van der Waals surface area contributed by atoms with E-state index < -0.39 is 0 Å². The molecule has 1 aliphatic heterocycles. The minimum absolute atomic E-state index is 0. The molecule has 1 rings (SSSR count). The van der Waals surface area contributed by atoms with Crippen molar-refractivity contribution in [1.29, 1.82) is 0 Å². The van der Waals surface area contributed by atoms with Gasteiger partial charge >= 0.3 is 0 Å². The van der Waals surface area contributed by atoms with E-state index in [0.717, 1.165) is 13.0 Å². The highest BCUT2D eigenvalue weighted by Gasteiger charge is 2.19. The fourth-order valence-electron chi connectivity index (χ4n) is 0.492. The van der Waals surface area contributed by atoms with Crippen LogP contribution in [0.5, 0.6) is 0 Å². The molecule has 1 atom stereocenters. The molecule has 1 heterocycles. The lowest BCUT2D eigenvalue weighted by Crippen LogP contribution is -1.76. The number of rotatable bonds is 2. The van der Waals surface area contributed by atoms with Crippen molar-refractivity contribution in [1.82, 2.24) is 0 Å². The molecule has 1 saturated heterocycles. The quantitative estimate of drug-likeness (QED) is 0.383. The van der Waals surface area contributed by atoms with Gasteiger partial charge in [-0.15, -0.1) is 0 Å². The van der Waals surface area contributed by atoms with Crippen LogP contribution in [0.25, 0.3) is 0 Å². The normalized spacial score (nSPS) is 25.4. The van der Waals surface area contributed by atoms with E-state index in [-0.39, 0.29) is 5.48 Å². The lowest BCUT2D eigenvalue weighted by molar-refractivity contribution is 0.410. The van der Waals surface area contributed by atoms with E-state index in [4.69, 9.17) is 4.74 Å². The minimum Gasteiger partial charge on any atom is -0.412 e. The first-order valence-corrected chi connectivity index (χ1v) is 2.66. The van der Waals surface area contributed by atoms with Crippen molar-refractivity contribution in [3.63, 3.8) is 0 Å². The van der Waals surface area contributed by atoms with Gasteiger partial charge in [0, 0.05) is 0 Å². The van der Waals surface area contributed by atoms with Crippen LogP contribution in [0.1, 0.15) is 13.3 Å². The lowest BCUT2D eigenvalue weighted by Gasteiger charge is -1.77. The second-order valence-electron chi connectivity index (χ2n) is 1.76. The first kappa shape index (κ1) is 7.66. The summed E-state index contributed by atoms with van der Waals surface area (Å²) >= 11 is 0. The van der Waals surface area contributed by atoms with Crippen molar-refractivity contribution < 1.29 is 10.2 Å². The summed E-state index contributed by atoms with van der Waals surface area (Å²) < 4.78 is 4.96. The first-order valence-electron chi connectivity index (χ1n) is 2.66. The lowest BCUT2D eigenvalue weighted by atomic mass is 10.3. The molecule has 0 aliphatic carbocycles. The zero-order valence-electron chi connectivity index (χ0n) is 5.05. The maximum atomic E-state index is 4.96. The summed E-state index contributed by atoms with van der Waals surface area (Å²) in [6.07, 6.45) is 5.87. The Hall–Kier alpha value is -0.340. The molecule has 2 N–H and O–H groups in total. The molecule has 0 aromatic heterocycles. The zero-order valence-corrected chi connectivity index (χ0v) is 5.05. The summed E-state index contributed by atoms with van der Waals surface area (Å²) in [6.45, 7) is 3.01. The van der Waals surface area contributed by atoms with Crippen LogP contribution in [0.15, 0.2) is 12.2 Å². The molecule has 0 radical (unpaired) electrons. The van der Waals surface area contributed by atoms with Gasteiger partial charge in [0.1, 0.15) is 0 Å². The summed E-state index contributed by atoms with van der Waals surface area (Å²) in [5, 5.41) is 0. The number of hydrogen-bond acceptors (Lipinski definition) is 1. The molecule has 0 saturated carbocycles. The third-order valence-corrected chi connectivity index (χ3v) is 1.04. The molecule has 0 bridgehead atoms. The van der Waals surface area contributed by atoms with E-state index in [1.54, 1.807) is 0 Å². The van der Waals surface area contributed by atoms with Gasteiger partial charge in [-0.05, 0) is 13.3 Å². The zero-order chi connectivity index (χ0) is 5.11. The Bertz CT molecular complexity index is 74.6. The summed E-state index contributed by atoms with van der Waals surface area (Å²) in [7, 11) is 0. The van der Waals surface area contributed by atoms with Gasteiger partial charge in [0.2, 0.25) is 0 Å². The Labute approximate surface area is 49.5 Å². The molecule has 1 fully saturated rings. The van der Waals surface area contributed by atoms with Crippen LogP contribution in [0.3, 0.4) is 0 Å². The predicted octanol–water partition coefficient (Wildman–Crippen LogP) is 0.527. The van der Waals surface area contributed by atoms with Crippen LogP contribution in [-0.2, 0) is 4.74 Å². The molecule has 0 aromatic rings. The van der Waals surface area contributed by atoms with Crippen molar-refractivity contribution in [2.45, 2.75) is 19.4 Å². The van der Waals surface area contributed by atoms with Gasteiger partial charge < -0.3 is 10.2 Å². The molecule has 0 amide bonds. The third kappa shape index (κ3) is 2.77. The van der Waals surface area contributed by atoms with E-state index in [1.165, 1.54) is 0 Å². The Balaban J connectivity index is 0.000000490. The number of ether oxygens (including phenoxy) is 1. The van der Waals surface area contributed by atoms with Crippen LogP contribution in [0.2, 0.25) is 0 Å². The largest absolute Gasteiger partial charge is 0.412 e. The van der Waals surface area contributed by atoms with Crippen molar-refractivity contribution in [2.75, 3.05) is 6.61 Å². The Morgan fingerprint density at radius 1 is 1.75 bits per heavy atom. The molecular formula is C6H12O2. The molecule has 1 unspecified atom stereocenters. The summed E-state index contributed by atoms with van der Waals surface area (Å²) in [5.74, 6) is 0. The second kappa shape index (κ2) is 3.64. The van der Waals surface area contributed by atoms with Crippen molar-refractivity contribution in [3.8, 4) is 0 Å². The Morgan fingerprint density at radius 3 is 2.75 bits per heavy atom. The van der Waals surface area contributed by atoms with Gasteiger partial charge in [-0.2, -0.15) is 0 Å². The van der Waals surface area contributed by atoms with Gasteiger partial charge in [0.15, 0.2) is 0 Å². The summed E-state index contributed by atoms with van der Waals surface area (Å²) in [4.78, 5) is 0. The number of allylic oxidation sites excluding steroid dienone is 1. The smallest absolute Gasteiger partial charge is 0.0844 e. The fourth-order valence-corrected chi connectivity index (χ4v) is 0.492. The van der Waals surface area contributed by atoms with E-state index >= 15 is 0 Å². The molecule has 2 heteroatoms. The van der Waals surface area contributed by atoms with Gasteiger partial charge in [-0.1, -0.05) is 12.2 Å². The van der Waals surface area contributed by atoms with Gasteiger partial charge in [-0.25, -0.2) is 0 Å². The van der Waals surface area contributed by atoms with Crippen LogP contribution >= 0.6 is 0 Å². The van der Waals surface area contributed by atoms with Gasteiger partial charge in [0.05, 0.1) is 12.7 Å². The standard InChI is InChI=1S/C6H10O.H2O/c1-2-3-4-6-5-7-6;/h2-3,6H,4-5H2,1H3;1H2/b3-2+;. The summed E-state index contributed by atoms with van der Waals surface area (Å²) in [5.41, 5.74) is 0. The highest BCUT2D eigenvalue weighted by Crippen LogP contribution is 2.12. The van der Waals surface area contributed by atoms with Crippen LogP contribution in [0, 0.1) is 0 Å². The van der Waals surface area contributed by atoms with Gasteiger partial charge in [-0.3, -0.25) is 0 Å². The highest BCUT2D eigenvalue weighted by molar-refractivity contribution is 4.84. The van der Waals surface area contributed by atoms with Crippen LogP contribution in [0.4, 0.5) is 0 Å². The second-order valence-corrected chi connectivity index (χ2v) is 1.76. The molecule has 8 heavy (non-hydrogen) atoms. The SMILES string of the molecule is C/C=C/CC1CO1.O.